The third-order valence-electron chi connectivity index (χ3n) is 2.99. The second kappa shape index (κ2) is 5.68. The lowest BCUT2D eigenvalue weighted by Crippen LogP contribution is -2.40. The molecule has 5 heteroatoms. The summed E-state index contributed by atoms with van der Waals surface area (Å²) in [5.41, 5.74) is 7.52. The van der Waals surface area contributed by atoms with Crippen molar-refractivity contribution in [3.05, 3.63) is 28.8 Å². The smallest absolute Gasteiger partial charge is 0.104 e. The first kappa shape index (κ1) is 14.0. The number of thiocarbonyl (C=S) groups is 1. The first-order valence-electron chi connectivity index (χ1n) is 5.97. The Hall–Kier alpha value is -0.450. The molecule has 0 amide bonds. The molecule has 1 heterocycles. The number of rotatable bonds is 2. The lowest BCUT2D eigenvalue weighted by Gasteiger charge is -2.36. The van der Waals surface area contributed by atoms with E-state index in [1.165, 1.54) is 0 Å². The van der Waals surface area contributed by atoms with E-state index in [0.29, 0.717) is 15.5 Å². The van der Waals surface area contributed by atoms with Crippen LogP contribution in [0.4, 0.5) is 5.69 Å². The number of benzene rings is 1. The summed E-state index contributed by atoms with van der Waals surface area (Å²) < 4.78 is 0. The largest absolute Gasteiger partial charge is 0.389 e. The van der Waals surface area contributed by atoms with Crippen molar-refractivity contribution in [1.82, 2.24) is 0 Å². The van der Waals surface area contributed by atoms with Crippen LogP contribution in [0.2, 0.25) is 5.02 Å². The summed E-state index contributed by atoms with van der Waals surface area (Å²) in [7, 11) is 0. The Balaban J connectivity index is 2.25. The lowest BCUT2D eigenvalue weighted by atomic mass is 10.1. The van der Waals surface area contributed by atoms with Crippen LogP contribution in [-0.4, -0.2) is 28.6 Å². The summed E-state index contributed by atoms with van der Waals surface area (Å²) in [6.07, 6.45) is 0. The first-order chi connectivity index (χ1) is 8.47. The van der Waals surface area contributed by atoms with Crippen molar-refractivity contribution in [2.75, 3.05) is 18.0 Å². The minimum absolute atomic E-state index is 0.388. The summed E-state index contributed by atoms with van der Waals surface area (Å²) in [6.45, 7) is 6.57. The highest BCUT2D eigenvalue weighted by Gasteiger charge is 2.23. The summed E-state index contributed by atoms with van der Waals surface area (Å²) >= 11 is 13.3. The van der Waals surface area contributed by atoms with E-state index in [2.05, 4.69) is 18.7 Å². The Labute approximate surface area is 123 Å². The molecular weight excluding hydrogens is 284 g/mol. The maximum absolute atomic E-state index is 6.34. The van der Waals surface area contributed by atoms with E-state index < -0.39 is 0 Å². The number of nitrogens with zero attached hydrogens (tertiary/aromatic N) is 1. The van der Waals surface area contributed by atoms with Gasteiger partial charge in [-0.15, -0.1) is 0 Å². The number of hydrogen-bond donors (Lipinski definition) is 1. The molecule has 1 saturated heterocycles. The van der Waals surface area contributed by atoms with Crippen molar-refractivity contribution in [2.45, 2.75) is 24.3 Å². The predicted molar refractivity (Wildman–Crippen MR) is 86.1 cm³/mol. The van der Waals surface area contributed by atoms with Gasteiger partial charge in [0, 0.05) is 29.2 Å². The van der Waals surface area contributed by atoms with Gasteiger partial charge in [0.15, 0.2) is 0 Å². The molecule has 0 aliphatic carbocycles. The maximum Gasteiger partial charge on any atom is 0.104 e. The lowest BCUT2D eigenvalue weighted by molar-refractivity contribution is 0.728. The molecule has 1 aromatic rings. The van der Waals surface area contributed by atoms with Crippen LogP contribution in [0.5, 0.6) is 0 Å². The van der Waals surface area contributed by atoms with Gasteiger partial charge in [-0.2, -0.15) is 11.8 Å². The molecule has 2 rings (SSSR count). The Morgan fingerprint density at radius 3 is 2.50 bits per heavy atom. The van der Waals surface area contributed by atoms with E-state index in [-0.39, 0.29) is 0 Å². The standard InChI is InChI=1S/C13H17ClN2S2/c1-8-6-16(7-9(2)18-8)12-4-3-10(13(15)17)5-11(12)14/h3-5,8-9H,6-7H2,1-2H3,(H2,15,17). The van der Waals surface area contributed by atoms with Crippen molar-refractivity contribution in [3.63, 3.8) is 0 Å². The average Bonchev–Trinajstić information content (AvgIpc) is 2.27. The maximum atomic E-state index is 6.34. The van der Waals surface area contributed by atoms with Crippen molar-refractivity contribution in [1.29, 1.82) is 0 Å². The van der Waals surface area contributed by atoms with Gasteiger partial charge < -0.3 is 10.6 Å². The Morgan fingerprint density at radius 1 is 1.39 bits per heavy atom. The van der Waals surface area contributed by atoms with Gasteiger partial charge in [0.05, 0.1) is 10.7 Å². The number of anilines is 1. The van der Waals surface area contributed by atoms with E-state index in [4.69, 9.17) is 29.6 Å². The minimum Gasteiger partial charge on any atom is -0.389 e. The van der Waals surface area contributed by atoms with Crippen LogP contribution >= 0.6 is 35.6 Å². The molecular formula is C13H17ClN2S2. The van der Waals surface area contributed by atoms with E-state index >= 15 is 0 Å². The molecule has 1 aromatic carbocycles. The number of nitrogens with two attached hydrogens (primary N) is 1. The summed E-state index contributed by atoms with van der Waals surface area (Å²) in [6, 6.07) is 5.82. The third-order valence-corrected chi connectivity index (χ3v) is 4.76. The number of thioether (sulfide) groups is 1. The van der Waals surface area contributed by atoms with Gasteiger partial charge in [0.1, 0.15) is 4.99 Å². The van der Waals surface area contributed by atoms with Crippen LogP contribution in [0, 0.1) is 0 Å². The Kier molecular flexibility index (Phi) is 4.41. The van der Waals surface area contributed by atoms with Crippen molar-refractivity contribution >= 4 is 46.3 Å². The van der Waals surface area contributed by atoms with Gasteiger partial charge in [0.25, 0.3) is 0 Å². The molecule has 1 aliphatic rings. The van der Waals surface area contributed by atoms with Gasteiger partial charge in [-0.05, 0) is 18.2 Å². The fourth-order valence-electron chi connectivity index (χ4n) is 2.29. The molecule has 2 atom stereocenters. The number of hydrogen-bond acceptors (Lipinski definition) is 3. The highest BCUT2D eigenvalue weighted by Crippen LogP contribution is 2.33. The predicted octanol–water partition coefficient (Wildman–Crippen LogP) is 3.30. The topological polar surface area (TPSA) is 29.3 Å². The normalized spacial score (nSPS) is 24.1. The summed E-state index contributed by atoms with van der Waals surface area (Å²) in [4.78, 5) is 2.73. The molecule has 1 aliphatic heterocycles. The van der Waals surface area contributed by atoms with Gasteiger partial charge in [0.2, 0.25) is 0 Å². The quantitative estimate of drug-likeness (QED) is 0.849. The van der Waals surface area contributed by atoms with Crippen LogP contribution < -0.4 is 10.6 Å². The van der Waals surface area contributed by atoms with Crippen LogP contribution in [0.25, 0.3) is 0 Å². The zero-order valence-electron chi connectivity index (χ0n) is 10.5. The number of halogens is 1. The van der Waals surface area contributed by atoms with E-state index in [0.717, 1.165) is 29.4 Å². The minimum atomic E-state index is 0.388. The molecule has 0 radical (unpaired) electrons. The van der Waals surface area contributed by atoms with Crippen LogP contribution in [0.15, 0.2) is 18.2 Å². The second-order valence-corrected chi connectivity index (χ2v) is 7.42. The molecule has 0 bridgehead atoms. The van der Waals surface area contributed by atoms with Crippen LogP contribution in [0.1, 0.15) is 19.4 Å². The molecule has 2 unspecified atom stereocenters. The van der Waals surface area contributed by atoms with E-state index in [9.17, 15) is 0 Å². The second-order valence-electron chi connectivity index (χ2n) is 4.69. The summed E-state index contributed by atoms with van der Waals surface area (Å²) in [5, 5.41) is 1.98. The zero-order chi connectivity index (χ0) is 13.3. The highest BCUT2D eigenvalue weighted by atomic mass is 35.5. The average molecular weight is 301 g/mol. The van der Waals surface area contributed by atoms with Crippen molar-refractivity contribution in [2.24, 2.45) is 5.73 Å². The Morgan fingerprint density at radius 2 is 2.00 bits per heavy atom. The van der Waals surface area contributed by atoms with Gasteiger partial charge in [-0.3, -0.25) is 0 Å². The van der Waals surface area contributed by atoms with E-state index in [1.54, 1.807) is 0 Å². The molecule has 0 spiro atoms. The highest BCUT2D eigenvalue weighted by molar-refractivity contribution is 8.00. The molecule has 0 saturated carbocycles. The monoisotopic (exact) mass is 300 g/mol. The molecule has 98 valence electrons. The Bertz CT molecular complexity index is 454. The van der Waals surface area contributed by atoms with Gasteiger partial charge >= 0.3 is 0 Å². The molecule has 1 fully saturated rings. The molecule has 2 nitrogen and oxygen atoms in total. The van der Waals surface area contributed by atoms with Gasteiger partial charge in [-0.1, -0.05) is 37.7 Å². The van der Waals surface area contributed by atoms with E-state index in [1.807, 2.05) is 30.0 Å². The van der Waals surface area contributed by atoms with Crippen LogP contribution in [-0.2, 0) is 0 Å². The fraction of sp³-hybridized carbons (Fsp3) is 0.462. The van der Waals surface area contributed by atoms with Crippen molar-refractivity contribution < 1.29 is 0 Å². The summed E-state index contributed by atoms with van der Waals surface area (Å²) in [5.74, 6) is 0. The molecule has 0 aromatic heterocycles. The van der Waals surface area contributed by atoms with Crippen molar-refractivity contribution in [3.8, 4) is 0 Å². The molecule has 2 N–H and O–H groups in total. The first-order valence-corrected chi connectivity index (χ1v) is 7.70. The van der Waals surface area contributed by atoms with Gasteiger partial charge in [-0.25, -0.2) is 0 Å². The third kappa shape index (κ3) is 3.11. The molecule has 18 heavy (non-hydrogen) atoms. The zero-order valence-corrected chi connectivity index (χ0v) is 12.9. The van der Waals surface area contributed by atoms with Crippen LogP contribution in [0.3, 0.4) is 0 Å². The fourth-order valence-corrected chi connectivity index (χ4v) is 4.04. The SMILES string of the molecule is CC1CN(c2ccc(C(N)=S)cc2Cl)CC(C)S1.